The van der Waals surface area contributed by atoms with Gasteiger partial charge in [0.15, 0.2) is 0 Å². The lowest BCUT2D eigenvalue weighted by molar-refractivity contribution is 0.0936. The third-order valence-electron chi connectivity index (χ3n) is 5.16. The lowest BCUT2D eigenvalue weighted by atomic mass is 9.92. The van der Waals surface area contributed by atoms with Crippen LogP contribution >= 0.6 is 0 Å². The molecule has 2 atom stereocenters. The smallest absolute Gasteiger partial charge is 0.123 e. The molecule has 1 saturated heterocycles. The first-order chi connectivity index (χ1) is 12.0. The normalized spacial score (nSPS) is 21.9. The summed E-state index contributed by atoms with van der Waals surface area (Å²) >= 11 is 0. The van der Waals surface area contributed by atoms with Gasteiger partial charge in [0.2, 0.25) is 0 Å². The Morgan fingerprint density at radius 1 is 0.920 bits per heavy atom. The van der Waals surface area contributed by atoms with E-state index in [1.54, 1.807) is 0 Å². The zero-order chi connectivity index (χ0) is 18.0. The summed E-state index contributed by atoms with van der Waals surface area (Å²) in [6, 6.07) is 14.1. The molecule has 0 aromatic heterocycles. The first-order valence-electron chi connectivity index (χ1n) is 8.95. The number of hydrogen-bond acceptors (Lipinski definition) is 2. The van der Waals surface area contributed by atoms with Gasteiger partial charge < -0.3 is 5.32 Å². The van der Waals surface area contributed by atoms with Gasteiger partial charge in [0, 0.05) is 25.2 Å². The van der Waals surface area contributed by atoms with Crippen LogP contribution in [-0.2, 0) is 0 Å². The number of nitrogens with zero attached hydrogens (tertiary/aromatic N) is 1. The van der Waals surface area contributed by atoms with Gasteiger partial charge in [0.25, 0.3) is 0 Å². The second kappa shape index (κ2) is 7.63. The third kappa shape index (κ3) is 4.07. The Kier molecular flexibility index (Phi) is 5.50. The first-order valence-corrected chi connectivity index (χ1v) is 8.95. The van der Waals surface area contributed by atoms with Crippen LogP contribution in [0.3, 0.4) is 0 Å². The highest BCUT2D eigenvalue weighted by Crippen LogP contribution is 2.32. The molecule has 4 heteroatoms. The lowest BCUT2D eigenvalue weighted by Gasteiger charge is -2.45. The summed E-state index contributed by atoms with van der Waals surface area (Å²) < 4.78 is 26.8. The van der Waals surface area contributed by atoms with Crippen molar-refractivity contribution in [1.29, 1.82) is 0 Å². The molecular formula is C21H26F2N2. The van der Waals surface area contributed by atoms with Crippen LogP contribution < -0.4 is 5.32 Å². The van der Waals surface area contributed by atoms with Gasteiger partial charge in [-0.05, 0) is 48.2 Å². The molecule has 2 aromatic carbocycles. The highest BCUT2D eigenvalue weighted by atomic mass is 19.1. The Morgan fingerprint density at radius 3 is 1.84 bits per heavy atom. The van der Waals surface area contributed by atoms with Crippen molar-refractivity contribution in [2.75, 3.05) is 13.1 Å². The molecular weight excluding hydrogens is 318 g/mol. The average molecular weight is 344 g/mol. The van der Waals surface area contributed by atoms with Crippen LogP contribution in [0.4, 0.5) is 8.78 Å². The van der Waals surface area contributed by atoms with Crippen molar-refractivity contribution < 1.29 is 8.78 Å². The second-order valence-electron chi connectivity index (χ2n) is 7.31. The SMILES string of the molecule is CC(C)[C@H]1CN(C(c2ccc(F)cc2)c2ccc(F)cc2)[C@@H](C)CN1. The topological polar surface area (TPSA) is 15.3 Å². The molecule has 2 nitrogen and oxygen atoms in total. The van der Waals surface area contributed by atoms with Crippen molar-refractivity contribution in [3.63, 3.8) is 0 Å². The van der Waals surface area contributed by atoms with Gasteiger partial charge in [0.05, 0.1) is 6.04 Å². The van der Waals surface area contributed by atoms with Gasteiger partial charge >= 0.3 is 0 Å². The standard InChI is InChI=1S/C21H26F2N2/c1-14(2)20-13-25(15(3)12-24-20)21(16-4-8-18(22)9-5-16)17-6-10-19(23)11-7-17/h4-11,14-15,20-21,24H,12-13H2,1-3H3/t15-,20+/m0/s1. The number of halogens is 2. The molecule has 25 heavy (non-hydrogen) atoms. The molecule has 1 aliphatic heterocycles. The summed E-state index contributed by atoms with van der Waals surface area (Å²) in [7, 11) is 0. The lowest BCUT2D eigenvalue weighted by Crippen LogP contribution is -2.58. The van der Waals surface area contributed by atoms with E-state index in [9.17, 15) is 8.78 Å². The van der Waals surface area contributed by atoms with E-state index in [2.05, 4.69) is 31.0 Å². The molecule has 2 aromatic rings. The fourth-order valence-electron chi connectivity index (χ4n) is 3.58. The third-order valence-corrected chi connectivity index (χ3v) is 5.16. The molecule has 0 amide bonds. The highest BCUT2D eigenvalue weighted by molar-refractivity contribution is 5.33. The van der Waals surface area contributed by atoms with Crippen molar-refractivity contribution in [2.45, 2.75) is 38.9 Å². The summed E-state index contributed by atoms with van der Waals surface area (Å²) in [5.41, 5.74) is 2.06. The maximum absolute atomic E-state index is 13.4. The number of rotatable bonds is 4. The first kappa shape index (κ1) is 18.0. The molecule has 0 bridgehead atoms. The fourth-order valence-corrected chi connectivity index (χ4v) is 3.58. The summed E-state index contributed by atoms with van der Waals surface area (Å²) in [5, 5.41) is 3.61. The molecule has 0 unspecified atom stereocenters. The Hall–Kier alpha value is -1.78. The number of hydrogen-bond donors (Lipinski definition) is 1. The molecule has 0 aliphatic carbocycles. The summed E-state index contributed by atoms with van der Waals surface area (Å²) in [6.07, 6.45) is 0. The van der Waals surface area contributed by atoms with Crippen molar-refractivity contribution in [3.8, 4) is 0 Å². The fraction of sp³-hybridized carbons (Fsp3) is 0.429. The van der Waals surface area contributed by atoms with Crippen molar-refractivity contribution >= 4 is 0 Å². The zero-order valence-corrected chi connectivity index (χ0v) is 15.0. The summed E-state index contributed by atoms with van der Waals surface area (Å²) in [6.45, 7) is 8.44. The minimum atomic E-state index is -0.241. The van der Waals surface area contributed by atoms with Crippen molar-refractivity contribution in [1.82, 2.24) is 10.2 Å². The van der Waals surface area contributed by atoms with Gasteiger partial charge in [-0.1, -0.05) is 38.1 Å². The Labute approximate surface area is 148 Å². The van der Waals surface area contributed by atoms with E-state index in [1.165, 1.54) is 24.3 Å². The molecule has 1 aliphatic rings. The van der Waals surface area contributed by atoms with E-state index in [-0.39, 0.29) is 17.7 Å². The maximum atomic E-state index is 13.4. The van der Waals surface area contributed by atoms with Crippen LogP contribution in [0.5, 0.6) is 0 Å². The van der Waals surface area contributed by atoms with Crippen LogP contribution in [0.25, 0.3) is 0 Å². The Morgan fingerprint density at radius 2 is 1.40 bits per heavy atom. The zero-order valence-electron chi connectivity index (χ0n) is 15.0. The van der Waals surface area contributed by atoms with E-state index >= 15 is 0 Å². The van der Waals surface area contributed by atoms with Gasteiger partial charge in [-0.2, -0.15) is 0 Å². The van der Waals surface area contributed by atoms with Crippen LogP contribution in [0.15, 0.2) is 48.5 Å². The minimum Gasteiger partial charge on any atom is -0.311 e. The number of piperazine rings is 1. The molecule has 3 rings (SSSR count). The second-order valence-corrected chi connectivity index (χ2v) is 7.31. The van der Waals surface area contributed by atoms with Crippen molar-refractivity contribution in [3.05, 3.63) is 71.3 Å². The predicted octanol–water partition coefficient (Wildman–Crippen LogP) is 4.37. The van der Waals surface area contributed by atoms with Crippen LogP contribution in [0.1, 0.15) is 37.9 Å². The molecule has 0 saturated carbocycles. The molecule has 1 N–H and O–H groups in total. The van der Waals surface area contributed by atoms with Crippen LogP contribution in [0, 0.1) is 17.6 Å². The molecule has 1 heterocycles. The van der Waals surface area contributed by atoms with E-state index in [1.807, 2.05) is 24.3 Å². The van der Waals surface area contributed by atoms with Crippen LogP contribution in [0.2, 0.25) is 0 Å². The highest BCUT2D eigenvalue weighted by Gasteiger charge is 2.33. The largest absolute Gasteiger partial charge is 0.311 e. The summed E-state index contributed by atoms with van der Waals surface area (Å²) in [5.74, 6) is 0.0436. The van der Waals surface area contributed by atoms with Crippen molar-refractivity contribution in [2.24, 2.45) is 5.92 Å². The molecule has 0 radical (unpaired) electrons. The Balaban J connectivity index is 2.00. The summed E-state index contributed by atoms with van der Waals surface area (Å²) in [4.78, 5) is 2.45. The quantitative estimate of drug-likeness (QED) is 0.886. The minimum absolute atomic E-state index is 0.0143. The maximum Gasteiger partial charge on any atom is 0.123 e. The Bertz CT molecular complexity index is 637. The number of benzene rings is 2. The van der Waals surface area contributed by atoms with Crippen LogP contribution in [-0.4, -0.2) is 30.1 Å². The predicted molar refractivity (Wildman–Crippen MR) is 97.4 cm³/mol. The van der Waals surface area contributed by atoms with E-state index in [0.717, 1.165) is 24.2 Å². The van der Waals surface area contributed by atoms with E-state index in [4.69, 9.17) is 0 Å². The molecule has 0 spiro atoms. The monoisotopic (exact) mass is 344 g/mol. The molecule has 134 valence electrons. The van der Waals surface area contributed by atoms with Gasteiger partial charge in [-0.15, -0.1) is 0 Å². The van der Waals surface area contributed by atoms with Gasteiger partial charge in [0.1, 0.15) is 11.6 Å². The van der Waals surface area contributed by atoms with Gasteiger partial charge in [-0.3, -0.25) is 4.90 Å². The van der Waals surface area contributed by atoms with E-state index in [0.29, 0.717) is 18.0 Å². The average Bonchev–Trinajstić information content (AvgIpc) is 2.59. The molecule has 1 fully saturated rings. The van der Waals surface area contributed by atoms with Gasteiger partial charge in [-0.25, -0.2) is 8.78 Å². The van der Waals surface area contributed by atoms with E-state index < -0.39 is 0 Å². The number of nitrogens with one attached hydrogen (secondary N) is 1.